The van der Waals surface area contributed by atoms with Gasteiger partial charge in [0.1, 0.15) is 6.04 Å². The quantitative estimate of drug-likeness (QED) is 0.513. The lowest BCUT2D eigenvalue weighted by Crippen LogP contribution is -2.62. The van der Waals surface area contributed by atoms with Crippen LogP contribution in [0.25, 0.3) is 0 Å². The van der Waals surface area contributed by atoms with E-state index in [9.17, 15) is 14.4 Å². The summed E-state index contributed by atoms with van der Waals surface area (Å²) in [4.78, 5) is 33.4. The lowest BCUT2D eigenvalue weighted by atomic mass is 9.86. The van der Waals surface area contributed by atoms with Gasteiger partial charge < -0.3 is 14.8 Å². The number of esters is 2. The van der Waals surface area contributed by atoms with E-state index in [4.69, 9.17) is 4.74 Å². The number of amides is 1. The average Bonchev–Trinajstić information content (AvgIpc) is 2.25. The molecule has 0 aromatic heterocycles. The van der Waals surface area contributed by atoms with Crippen molar-refractivity contribution in [1.82, 2.24) is 5.32 Å². The summed E-state index contributed by atoms with van der Waals surface area (Å²) in [6.07, 6.45) is 0.448. The normalized spacial score (nSPS) is 23.0. The first-order valence-corrected chi connectivity index (χ1v) is 5.14. The zero-order valence-corrected chi connectivity index (χ0v) is 9.32. The van der Waals surface area contributed by atoms with Gasteiger partial charge in [0.2, 0.25) is 5.91 Å². The fourth-order valence-electron chi connectivity index (χ4n) is 1.57. The van der Waals surface area contributed by atoms with Gasteiger partial charge in [0, 0.05) is 6.42 Å². The average molecular weight is 229 g/mol. The second kappa shape index (κ2) is 5.48. The third-order valence-corrected chi connectivity index (χ3v) is 2.46. The fourth-order valence-corrected chi connectivity index (χ4v) is 1.57. The van der Waals surface area contributed by atoms with Crippen LogP contribution in [0.3, 0.4) is 0 Å². The van der Waals surface area contributed by atoms with Crippen LogP contribution in [-0.2, 0) is 23.9 Å². The number of carbonyl (C=O) groups is 3. The van der Waals surface area contributed by atoms with Gasteiger partial charge in [-0.25, -0.2) is 4.79 Å². The summed E-state index contributed by atoms with van der Waals surface area (Å²) in [6, 6.07) is -0.619. The highest BCUT2D eigenvalue weighted by molar-refractivity contribution is 5.97. The molecule has 0 aliphatic carbocycles. The molecule has 1 amide bonds. The Kier molecular flexibility index (Phi) is 4.28. The summed E-state index contributed by atoms with van der Waals surface area (Å²) < 4.78 is 9.25. The number of ether oxygens (including phenoxy) is 2. The molecule has 6 heteroatoms. The van der Waals surface area contributed by atoms with Crippen LogP contribution in [0, 0.1) is 5.92 Å². The van der Waals surface area contributed by atoms with Gasteiger partial charge in [0.25, 0.3) is 0 Å². The first-order valence-electron chi connectivity index (χ1n) is 5.14. The second-order valence-corrected chi connectivity index (χ2v) is 3.46. The summed E-state index contributed by atoms with van der Waals surface area (Å²) >= 11 is 0. The maximum atomic E-state index is 11.2. The molecule has 0 aromatic rings. The largest absolute Gasteiger partial charge is 0.467 e. The summed E-state index contributed by atoms with van der Waals surface area (Å²) in [5.41, 5.74) is 0. The molecular formula is C10H15NO5. The van der Waals surface area contributed by atoms with Crippen molar-refractivity contribution >= 4 is 17.8 Å². The molecule has 0 spiro atoms. The van der Waals surface area contributed by atoms with E-state index < -0.39 is 17.9 Å². The lowest BCUT2D eigenvalue weighted by molar-refractivity contribution is -0.156. The third kappa shape index (κ3) is 2.71. The highest BCUT2D eigenvalue weighted by Gasteiger charge is 2.44. The molecule has 2 atom stereocenters. The van der Waals surface area contributed by atoms with Gasteiger partial charge in [-0.1, -0.05) is 0 Å². The van der Waals surface area contributed by atoms with E-state index >= 15 is 0 Å². The number of carbonyl (C=O) groups excluding carboxylic acids is 3. The van der Waals surface area contributed by atoms with E-state index in [-0.39, 0.29) is 18.3 Å². The van der Waals surface area contributed by atoms with E-state index in [2.05, 4.69) is 10.1 Å². The monoisotopic (exact) mass is 229 g/mol. The van der Waals surface area contributed by atoms with Crippen LogP contribution in [-0.4, -0.2) is 37.6 Å². The summed E-state index contributed by atoms with van der Waals surface area (Å²) in [5, 5.41) is 2.43. The molecule has 0 unspecified atom stereocenters. The molecule has 90 valence electrons. The van der Waals surface area contributed by atoms with Gasteiger partial charge in [0.05, 0.1) is 19.6 Å². The van der Waals surface area contributed by atoms with Crippen molar-refractivity contribution in [3.63, 3.8) is 0 Å². The number of methoxy groups -OCH3 is 1. The molecule has 1 aliphatic rings. The Balaban J connectivity index is 2.37. The molecule has 1 heterocycles. The van der Waals surface area contributed by atoms with Gasteiger partial charge in [0.15, 0.2) is 0 Å². The zero-order valence-electron chi connectivity index (χ0n) is 9.32. The van der Waals surface area contributed by atoms with Crippen molar-refractivity contribution in [3.05, 3.63) is 0 Å². The molecule has 6 nitrogen and oxygen atoms in total. The van der Waals surface area contributed by atoms with Crippen molar-refractivity contribution in [2.24, 2.45) is 5.92 Å². The van der Waals surface area contributed by atoms with Crippen molar-refractivity contribution in [2.75, 3.05) is 13.7 Å². The minimum absolute atomic E-state index is 0.138. The Morgan fingerprint density at radius 2 is 2.12 bits per heavy atom. The Labute approximate surface area is 93.3 Å². The van der Waals surface area contributed by atoms with Gasteiger partial charge in [-0.2, -0.15) is 0 Å². The SMILES string of the molecule is CCOC(=O)CC[C@H]1C(=O)N[C@H]1C(=O)OC. The number of β-lactam (4-membered cyclic amide) rings is 1. The number of nitrogens with one attached hydrogen (secondary N) is 1. The molecule has 0 radical (unpaired) electrons. The smallest absolute Gasteiger partial charge is 0.329 e. The standard InChI is InChI=1S/C10H15NO5/c1-3-16-7(12)5-4-6-8(10(14)15-2)11-9(6)13/h6,8H,3-5H2,1-2H3,(H,11,13)/t6-,8-/m1/s1. The Hall–Kier alpha value is -1.59. The van der Waals surface area contributed by atoms with E-state index in [1.807, 2.05) is 0 Å². The van der Waals surface area contributed by atoms with Crippen LogP contribution in [0.4, 0.5) is 0 Å². The van der Waals surface area contributed by atoms with Crippen LogP contribution >= 0.6 is 0 Å². The second-order valence-electron chi connectivity index (χ2n) is 3.46. The van der Waals surface area contributed by atoms with Crippen molar-refractivity contribution in [3.8, 4) is 0 Å². The molecule has 1 rings (SSSR count). The lowest BCUT2D eigenvalue weighted by Gasteiger charge is -2.34. The van der Waals surface area contributed by atoms with E-state index in [0.717, 1.165) is 0 Å². The van der Waals surface area contributed by atoms with Crippen LogP contribution in [0.5, 0.6) is 0 Å². The zero-order chi connectivity index (χ0) is 12.1. The molecule has 0 aromatic carbocycles. The molecule has 1 N–H and O–H groups in total. The number of rotatable bonds is 5. The first-order chi connectivity index (χ1) is 7.60. The molecule has 1 fully saturated rings. The summed E-state index contributed by atoms with van der Waals surface area (Å²) in [6.45, 7) is 2.03. The molecule has 0 bridgehead atoms. The van der Waals surface area contributed by atoms with E-state index in [0.29, 0.717) is 13.0 Å². The van der Waals surface area contributed by atoms with Gasteiger partial charge >= 0.3 is 11.9 Å². The van der Waals surface area contributed by atoms with Gasteiger partial charge in [-0.05, 0) is 13.3 Å². The third-order valence-electron chi connectivity index (χ3n) is 2.46. The van der Waals surface area contributed by atoms with Crippen molar-refractivity contribution in [1.29, 1.82) is 0 Å². The molecule has 16 heavy (non-hydrogen) atoms. The van der Waals surface area contributed by atoms with E-state index in [1.54, 1.807) is 6.92 Å². The minimum atomic E-state index is -0.619. The fraction of sp³-hybridized carbons (Fsp3) is 0.700. The van der Waals surface area contributed by atoms with Crippen LogP contribution in [0.2, 0.25) is 0 Å². The summed E-state index contributed by atoms with van der Waals surface area (Å²) in [5.74, 6) is -1.53. The van der Waals surface area contributed by atoms with Crippen LogP contribution in [0.15, 0.2) is 0 Å². The Morgan fingerprint density at radius 3 is 2.62 bits per heavy atom. The Morgan fingerprint density at radius 1 is 1.44 bits per heavy atom. The molecule has 0 saturated carbocycles. The van der Waals surface area contributed by atoms with Gasteiger partial charge in [-0.15, -0.1) is 0 Å². The highest BCUT2D eigenvalue weighted by Crippen LogP contribution is 2.21. The number of hydrogen-bond acceptors (Lipinski definition) is 5. The predicted molar refractivity (Wildman–Crippen MR) is 53.3 cm³/mol. The predicted octanol–water partition coefficient (Wildman–Crippen LogP) is -0.383. The molecule has 1 saturated heterocycles. The minimum Gasteiger partial charge on any atom is -0.467 e. The van der Waals surface area contributed by atoms with Crippen molar-refractivity contribution in [2.45, 2.75) is 25.8 Å². The number of hydrogen-bond donors (Lipinski definition) is 1. The molecular weight excluding hydrogens is 214 g/mol. The topological polar surface area (TPSA) is 81.7 Å². The van der Waals surface area contributed by atoms with Crippen LogP contribution in [0.1, 0.15) is 19.8 Å². The summed E-state index contributed by atoms with van der Waals surface area (Å²) in [7, 11) is 1.26. The highest BCUT2D eigenvalue weighted by atomic mass is 16.5. The Bertz CT molecular complexity index is 302. The van der Waals surface area contributed by atoms with E-state index in [1.165, 1.54) is 7.11 Å². The van der Waals surface area contributed by atoms with Crippen LogP contribution < -0.4 is 5.32 Å². The van der Waals surface area contributed by atoms with Crippen molar-refractivity contribution < 1.29 is 23.9 Å². The maximum Gasteiger partial charge on any atom is 0.329 e. The van der Waals surface area contributed by atoms with Gasteiger partial charge in [-0.3, -0.25) is 9.59 Å². The first kappa shape index (κ1) is 12.5. The maximum absolute atomic E-state index is 11.2. The molecule has 1 aliphatic heterocycles.